The lowest BCUT2D eigenvalue weighted by molar-refractivity contribution is 0.0602. The molecule has 2 aromatic rings. The van der Waals surface area contributed by atoms with Gasteiger partial charge in [-0.05, 0) is 30.5 Å². The smallest absolute Gasteiger partial charge is 0.339 e. The van der Waals surface area contributed by atoms with E-state index >= 15 is 0 Å². The fourth-order valence-corrected chi connectivity index (χ4v) is 2.11. The Morgan fingerprint density at radius 2 is 1.96 bits per heavy atom. The van der Waals surface area contributed by atoms with E-state index in [1.54, 1.807) is 24.3 Å². The van der Waals surface area contributed by atoms with Crippen LogP contribution < -0.4 is 10.6 Å². The van der Waals surface area contributed by atoms with Crippen molar-refractivity contribution < 1.29 is 14.3 Å². The molecule has 132 valence electrons. The number of rotatable bonds is 7. The number of methoxy groups -OCH3 is 1. The molecule has 0 fully saturated rings. The maximum absolute atomic E-state index is 12.4. The average molecular weight is 342 g/mol. The van der Waals surface area contributed by atoms with Crippen LogP contribution in [-0.2, 0) is 4.74 Å². The van der Waals surface area contributed by atoms with Gasteiger partial charge in [0.25, 0.3) is 5.91 Å². The van der Waals surface area contributed by atoms with E-state index in [1.807, 2.05) is 0 Å². The predicted octanol–water partition coefficient (Wildman–Crippen LogP) is 2.97. The number of esters is 1. The van der Waals surface area contributed by atoms with Crippen molar-refractivity contribution in [2.45, 2.75) is 20.3 Å². The van der Waals surface area contributed by atoms with Crippen LogP contribution in [0.2, 0.25) is 0 Å². The number of nitrogens with zero attached hydrogens (tertiary/aromatic N) is 2. The van der Waals surface area contributed by atoms with Gasteiger partial charge in [-0.15, -0.1) is 0 Å². The Bertz CT molecular complexity index is 747. The number of amides is 1. The lowest BCUT2D eigenvalue weighted by Gasteiger charge is -2.10. The molecule has 0 aliphatic carbocycles. The zero-order chi connectivity index (χ0) is 18.2. The monoisotopic (exact) mass is 342 g/mol. The Balaban J connectivity index is 2.10. The van der Waals surface area contributed by atoms with E-state index < -0.39 is 11.9 Å². The van der Waals surface area contributed by atoms with Crippen molar-refractivity contribution in [2.24, 2.45) is 5.92 Å². The molecule has 0 spiro atoms. The van der Waals surface area contributed by atoms with E-state index in [0.29, 0.717) is 17.6 Å². The van der Waals surface area contributed by atoms with E-state index in [0.717, 1.165) is 13.0 Å². The van der Waals surface area contributed by atoms with Crippen molar-refractivity contribution in [2.75, 3.05) is 24.3 Å². The van der Waals surface area contributed by atoms with Crippen LogP contribution in [0, 0.1) is 5.92 Å². The topological polar surface area (TPSA) is 93.2 Å². The van der Waals surface area contributed by atoms with E-state index in [-0.39, 0.29) is 11.3 Å². The van der Waals surface area contributed by atoms with E-state index in [2.05, 4.69) is 34.4 Å². The number of carbonyl (C=O) groups is 2. The Kier molecular flexibility index (Phi) is 6.45. The van der Waals surface area contributed by atoms with Crippen molar-refractivity contribution in [3.05, 3.63) is 47.8 Å². The second kappa shape index (κ2) is 8.77. The number of benzene rings is 1. The largest absolute Gasteiger partial charge is 0.465 e. The van der Waals surface area contributed by atoms with Gasteiger partial charge in [-0.2, -0.15) is 0 Å². The molecule has 1 aromatic heterocycles. The molecule has 2 N–H and O–H groups in total. The quantitative estimate of drug-likeness (QED) is 0.752. The summed E-state index contributed by atoms with van der Waals surface area (Å²) in [4.78, 5) is 32.5. The lowest BCUT2D eigenvalue weighted by Crippen LogP contribution is -2.18. The lowest BCUT2D eigenvalue weighted by atomic mass is 10.1. The van der Waals surface area contributed by atoms with Gasteiger partial charge in [0.15, 0.2) is 0 Å². The molecule has 0 aliphatic heterocycles. The van der Waals surface area contributed by atoms with Crippen LogP contribution in [0.4, 0.5) is 11.6 Å². The number of ether oxygens (including phenoxy) is 1. The summed E-state index contributed by atoms with van der Waals surface area (Å²) in [5.41, 5.74) is 0.858. The standard InChI is InChI=1S/C18H22N4O3/c1-12(2)8-10-19-18-20-11-9-15(22-18)16(23)21-14-7-5-4-6-13(14)17(24)25-3/h4-7,9,11-12H,8,10H2,1-3H3,(H,21,23)(H,19,20,22). The Morgan fingerprint density at radius 3 is 2.68 bits per heavy atom. The highest BCUT2D eigenvalue weighted by Gasteiger charge is 2.15. The van der Waals surface area contributed by atoms with Crippen molar-refractivity contribution in [1.29, 1.82) is 0 Å². The molecular weight excluding hydrogens is 320 g/mol. The van der Waals surface area contributed by atoms with Gasteiger partial charge >= 0.3 is 5.97 Å². The Hall–Kier alpha value is -2.96. The van der Waals surface area contributed by atoms with Gasteiger partial charge in [-0.1, -0.05) is 26.0 Å². The number of anilines is 2. The third-order valence-corrected chi connectivity index (χ3v) is 3.47. The summed E-state index contributed by atoms with van der Waals surface area (Å²) >= 11 is 0. The number of hydrogen-bond acceptors (Lipinski definition) is 6. The summed E-state index contributed by atoms with van der Waals surface area (Å²) in [7, 11) is 1.29. The molecule has 7 nitrogen and oxygen atoms in total. The zero-order valence-corrected chi connectivity index (χ0v) is 14.6. The van der Waals surface area contributed by atoms with Gasteiger partial charge in [0.1, 0.15) is 5.69 Å². The number of hydrogen-bond donors (Lipinski definition) is 2. The minimum absolute atomic E-state index is 0.210. The highest BCUT2D eigenvalue weighted by atomic mass is 16.5. The van der Waals surface area contributed by atoms with E-state index in [4.69, 9.17) is 4.74 Å². The van der Waals surface area contributed by atoms with Crippen LogP contribution in [-0.4, -0.2) is 35.5 Å². The van der Waals surface area contributed by atoms with Crippen molar-refractivity contribution in [3.63, 3.8) is 0 Å². The van der Waals surface area contributed by atoms with Crippen LogP contribution >= 0.6 is 0 Å². The molecular formula is C18H22N4O3. The predicted molar refractivity (Wildman–Crippen MR) is 95.7 cm³/mol. The van der Waals surface area contributed by atoms with Gasteiger partial charge < -0.3 is 15.4 Å². The first-order chi connectivity index (χ1) is 12.0. The van der Waals surface area contributed by atoms with Crippen LogP contribution in [0.3, 0.4) is 0 Å². The van der Waals surface area contributed by atoms with Crippen molar-refractivity contribution >= 4 is 23.5 Å². The first-order valence-corrected chi connectivity index (χ1v) is 8.07. The fraction of sp³-hybridized carbons (Fsp3) is 0.333. The summed E-state index contributed by atoms with van der Waals surface area (Å²) in [6.45, 7) is 4.99. The molecule has 2 rings (SSSR count). The summed E-state index contributed by atoms with van der Waals surface area (Å²) in [5, 5.41) is 5.78. The molecule has 1 amide bonds. The summed E-state index contributed by atoms with van der Waals surface area (Å²) in [5.74, 6) is 0.0173. The van der Waals surface area contributed by atoms with Crippen molar-refractivity contribution in [1.82, 2.24) is 9.97 Å². The van der Waals surface area contributed by atoms with Gasteiger partial charge in [0.2, 0.25) is 5.95 Å². The maximum Gasteiger partial charge on any atom is 0.339 e. The molecule has 0 bridgehead atoms. The molecule has 7 heteroatoms. The first-order valence-electron chi connectivity index (χ1n) is 8.07. The number of para-hydroxylation sites is 1. The fourth-order valence-electron chi connectivity index (χ4n) is 2.11. The molecule has 0 saturated heterocycles. The SMILES string of the molecule is COC(=O)c1ccccc1NC(=O)c1ccnc(NCCC(C)C)n1. The molecule has 0 unspecified atom stereocenters. The molecule has 0 saturated carbocycles. The third kappa shape index (κ3) is 5.27. The van der Waals surface area contributed by atoms with Crippen LogP contribution in [0.5, 0.6) is 0 Å². The van der Waals surface area contributed by atoms with Gasteiger partial charge in [0, 0.05) is 12.7 Å². The molecule has 0 atom stereocenters. The van der Waals surface area contributed by atoms with Crippen LogP contribution in [0.25, 0.3) is 0 Å². The number of carbonyl (C=O) groups excluding carboxylic acids is 2. The molecule has 1 aromatic carbocycles. The summed E-state index contributed by atoms with van der Waals surface area (Å²) in [6.07, 6.45) is 2.50. The molecule has 0 radical (unpaired) electrons. The van der Waals surface area contributed by atoms with E-state index in [1.165, 1.54) is 19.4 Å². The second-order valence-electron chi connectivity index (χ2n) is 5.87. The highest BCUT2D eigenvalue weighted by Crippen LogP contribution is 2.17. The van der Waals surface area contributed by atoms with Crippen molar-refractivity contribution in [3.8, 4) is 0 Å². The zero-order valence-electron chi connectivity index (χ0n) is 14.6. The first kappa shape index (κ1) is 18.4. The second-order valence-corrected chi connectivity index (χ2v) is 5.87. The highest BCUT2D eigenvalue weighted by molar-refractivity contribution is 6.07. The minimum atomic E-state index is -0.519. The molecule has 1 heterocycles. The number of nitrogens with one attached hydrogen (secondary N) is 2. The van der Waals surface area contributed by atoms with Gasteiger partial charge in [0.05, 0.1) is 18.4 Å². The Labute approximate surface area is 146 Å². The van der Waals surface area contributed by atoms with Crippen LogP contribution in [0.15, 0.2) is 36.5 Å². The maximum atomic E-state index is 12.4. The normalized spacial score (nSPS) is 10.4. The minimum Gasteiger partial charge on any atom is -0.465 e. The average Bonchev–Trinajstić information content (AvgIpc) is 2.61. The van der Waals surface area contributed by atoms with Crippen LogP contribution in [0.1, 0.15) is 41.1 Å². The number of aromatic nitrogens is 2. The summed E-state index contributed by atoms with van der Waals surface area (Å²) in [6, 6.07) is 8.15. The van der Waals surface area contributed by atoms with E-state index in [9.17, 15) is 9.59 Å². The molecule has 0 aliphatic rings. The van der Waals surface area contributed by atoms with Gasteiger partial charge in [-0.25, -0.2) is 14.8 Å². The van der Waals surface area contributed by atoms with Gasteiger partial charge in [-0.3, -0.25) is 4.79 Å². The Morgan fingerprint density at radius 1 is 1.20 bits per heavy atom. The summed E-state index contributed by atoms with van der Waals surface area (Å²) < 4.78 is 4.72. The molecule has 25 heavy (non-hydrogen) atoms. The third-order valence-electron chi connectivity index (χ3n) is 3.47.